The lowest BCUT2D eigenvalue weighted by Gasteiger charge is -2.63. The van der Waals surface area contributed by atoms with E-state index in [2.05, 4.69) is 250 Å². The van der Waals surface area contributed by atoms with Gasteiger partial charge in [-0.25, -0.2) is 4.98 Å². The Hall–Kier alpha value is -8.29. The van der Waals surface area contributed by atoms with Crippen molar-refractivity contribution in [2.24, 2.45) is 23.7 Å². The summed E-state index contributed by atoms with van der Waals surface area (Å²) in [7, 11) is 0. The first-order chi connectivity index (χ1) is 36.2. The van der Waals surface area contributed by atoms with Gasteiger partial charge in [0.05, 0.1) is 28.1 Å². The summed E-state index contributed by atoms with van der Waals surface area (Å²) in [5.41, 5.74) is 14.5. The number of nitrogens with zero attached hydrogens (tertiary/aromatic N) is 5. The largest absolute Gasteiger partial charge is 0.457 e. The van der Waals surface area contributed by atoms with E-state index in [9.17, 15) is 0 Å². The summed E-state index contributed by atoms with van der Waals surface area (Å²) < 4.78 is 9.34. The molecule has 6 nitrogen and oxygen atoms in total. The second kappa shape index (κ2) is 16.9. The quantitative estimate of drug-likeness (QED) is 0.135. The molecule has 4 saturated carbocycles. The number of anilines is 4. The molecule has 0 spiro atoms. The van der Waals surface area contributed by atoms with Crippen molar-refractivity contribution in [1.82, 2.24) is 14.4 Å². The van der Waals surface area contributed by atoms with Crippen LogP contribution < -0.4 is 14.5 Å². The maximum atomic E-state index is 6.95. The molecule has 7 heteroatoms. The molecule has 4 fully saturated rings. The molecule has 7 aromatic carbocycles. The van der Waals surface area contributed by atoms with Gasteiger partial charge in [0.2, 0.25) is 0 Å². The van der Waals surface area contributed by atoms with E-state index < -0.39 is 0 Å². The number of hydrogen-bond donors (Lipinski definition) is 0. The number of hydrogen-bond acceptors (Lipinski definition) is 5. The minimum Gasteiger partial charge on any atom is -0.457 e. The molecule has 16 rings (SSSR count). The SMILES string of the molecule is C1=CB2C(C3(c4ccnc(-n5c6ccccc6c6ccc(Oc7cccc(N8CN(c9c(-c%10ccccc%10)cccc9-c9ccccc9)c9ccccc98)c7)cc65)c4)C4CC5CC(C4)CC3C5)=CC=CN2C=C1. The van der Waals surface area contributed by atoms with Gasteiger partial charge in [0.15, 0.2) is 0 Å². The van der Waals surface area contributed by atoms with Crippen molar-refractivity contribution in [2.75, 3.05) is 16.5 Å². The van der Waals surface area contributed by atoms with E-state index in [1.807, 2.05) is 0 Å². The van der Waals surface area contributed by atoms with Crippen LogP contribution in [-0.2, 0) is 5.41 Å². The average Bonchev–Trinajstić information content (AvgIpc) is 3.99. The fraction of sp³-hybridized carbons (Fsp3) is 0.167. The van der Waals surface area contributed by atoms with Crippen molar-refractivity contribution >= 4 is 51.4 Å². The highest BCUT2D eigenvalue weighted by Crippen LogP contribution is 2.66. The Morgan fingerprint density at radius 2 is 1.19 bits per heavy atom. The topological polar surface area (TPSA) is 36.8 Å². The molecule has 5 heterocycles. The molecule has 3 aliphatic heterocycles. The first kappa shape index (κ1) is 42.4. The van der Waals surface area contributed by atoms with E-state index in [-0.39, 0.29) is 12.3 Å². The van der Waals surface area contributed by atoms with E-state index in [1.165, 1.54) is 76.4 Å². The Kier molecular flexibility index (Phi) is 9.83. The first-order valence-corrected chi connectivity index (χ1v) is 26.3. The van der Waals surface area contributed by atoms with E-state index in [1.54, 1.807) is 5.47 Å². The minimum absolute atomic E-state index is 0.0608. The van der Waals surface area contributed by atoms with Gasteiger partial charge in [-0.2, -0.15) is 0 Å². The molecule has 0 atom stereocenters. The van der Waals surface area contributed by atoms with Gasteiger partial charge in [-0.1, -0.05) is 139 Å². The lowest BCUT2D eigenvalue weighted by atomic mass is 9.33. The summed E-state index contributed by atoms with van der Waals surface area (Å²) in [6.07, 6.45) is 22.5. The maximum Gasteiger partial charge on any atom is 0.316 e. The van der Waals surface area contributed by atoms with Gasteiger partial charge in [0.1, 0.15) is 24.0 Å². The lowest BCUT2D eigenvalue weighted by Crippen LogP contribution is -2.60. The zero-order valence-electron chi connectivity index (χ0n) is 40.7. The van der Waals surface area contributed by atoms with Crippen LogP contribution in [0.3, 0.4) is 0 Å². The zero-order valence-corrected chi connectivity index (χ0v) is 40.7. The molecule has 4 aliphatic carbocycles. The summed E-state index contributed by atoms with van der Waals surface area (Å²) in [5.74, 6) is 7.86. The summed E-state index contributed by atoms with van der Waals surface area (Å²) in [5, 5.41) is 2.39. The Labute approximate surface area is 427 Å². The van der Waals surface area contributed by atoms with Gasteiger partial charge in [0.25, 0.3) is 0 Å². The van der Waals surface area contributed by atoms with Crippen molar-refractivity contribution in [3.63, 3.8) is 0 Å². The van der Waals surface area contributed by atoms with E-state index in [0.717, 1.165) is 57.2 Å². The van der Waals surface area contributed by atoms with Crippen molar-refractivity contribution in [3.8, 4) is 39.6 Å². The number of allylic oxidation sites excluding steroid dienone is 5. The minimum atomic E-state index is -0.0608. The molecule has 0 saturated heterocycles. The van der Waals surface area contributed by atoms with Crippen molar-refractivity contribution in [1.29, 1.82) is 0 Å². The number of aromatic nitrogens is 2. The molecule has 0 radical (unpaired) electrons. The van der Waals surface area contributed by atoms with Gasteiger partial charge >= 0.3 is 6.85 Å². The van der Waals surface area contributed by atoms with Gasteiger partial charge in [-0.05, 0) is 152 Å². The Bertz CT molecular complexity index is 3670. The van der Waals surface area contributed by atoms with Gasteiger partial charge in [-0.15, -0.1) is 0 Å². The third kappa shape index (κ3) is 6.74. The van der Waals surface area contributed by atoms with Crippen LogP contribution in [0.5, 0.6) is 11.5 Å². The van der Waals surface area contributed by atoms with Gasteiger partial charge in [0, 0.05) is 51.3 Å². The Morgan fingerprint density at radius 3 is 1.96 bits per heavy atom. The number of para-hydroxylation sites is 4. The Morgan fingerprint density at radius 1 is 0.534 bits per heavy atom. The summed E-state index contributed by atoms with van der Waals surface area (Å²) >= 11 is 0. The van der Waals surface area contributed by atoms with Crippen LogP contribution in [0, 0.1) is 23.7 Å². The van der Waals surface area contributed by atoms with Crippen LogP contribution in [0.15, 0.2) is 236 Å². The van der Waals surface area contributed by atoms with E-state index >= 15 is 0 Å². The standard InChI is InChI=1S/C66H54BN5O/c1-3-16-47(17-4-1)55-23-14-24-56(48-18-5-2-6-19-48)65(55)71-44-70(60-26-9-10-27-61(60)71)52-20-13-21-53(42-52)73-54-29-30-58-57-22-7-8-25-59(57)72(62(58)43-54)64-41-49(31-33-68-64)66(50-37-45-36-46(39-50)40-51(66)38-45)63-28-15-35-69-34-12-11-32-67(63)69/h1-35,41-43,45-46,50-51H,36-40,44H2. The molecular weight excluding hydrogens is 890 g/mol. The molecule has 4 bridgehead atoms. The molecule has 2 aromatic heterocycles. The third-order valence-corrected chi connectivity index (χ3v) is 17.4. The van der Waals surface area contributed by atoms with Gasteiger partial charge < -0.3 is 19.3 Å². The van der Waals surface area contributed by atoms with Crippen molar-refractivity contribution < 1.29 is 4.74 Å². The van der Waals surface area contributed by atoms with Crippen LogP contribution in [0.25, 0.3) is 49.9 Å². The van der Waals surface area contributed by atoms with Crippen LogP contribution >= 0.6 is 0 Å². The average molecular weight is 944 g/mol. The molecule has 0 amide bonds. The molecule has 73 heavy (non-hydrogen) atoms. The Balaban J connectivity index is 0.801. The van der Waals surface area contributed by atoms with Crippen molar-refractivity contribution in [3.05, 3.63) is 242 Å². The highest BCUT2D eigenvalue weighted by atomic mass is 16.5. The van der Waals surface area contributed by atoms with E-state index in [4.69, 9.17) is 9.72 Å². The summed E-state index contributed by atoms with van der Waals surface area (Å²) in [6.45, 7) is 0.855. The number of pyridine rings is 1. The monoisotopic (exact) mass is 943 g/mol. The van der Waals surface area contributed by atoms with Gasteiger partial charge in [-0.3, -0.25) is 4.57 Å². The number of benzene rings is 7. The van der Waals surface area contributed by atoms with Crippen LogP contribution in [0.2, 0.25) is 0 Å². The molecule has 9 aromatic rings. The number of ether oxygens (including phenoxy) is 1. The van der Waals surface area contributed by atoms with Crippen LogP contribution in [0.1, 0.15) is 37.7 Å². The van der Waals surface area contributed by atoms with E-state index in [0.29, 0.717) is 18.5 Å². The zero-order chi connectivity index (χ0) is 48.0. The smallest absolute Gasteiger partial charge is 0.316 e. The lowest BCUT2D eigenvalue weighted by molar-refractivity contribution is -0.0411. The third-order valence-electron chi connectivity index (χ3n) is 17.4. The molecule has 352 valence electrons. The van der Waals surface area contributed by atoms with Crippen LogP contribution in [-0.4, -0.2) is 27.9 Å². The predicted molar refractivity (Wildman–Crippen MR) is 300 cm³/mol. The fourth-order valence-corrected chi connectivity index (χ4v) is 14.8. The molecule has 7 aliphatic rings. The summed E-state index contributed by atoms with van der Waals surface area (Å²) in [6, 6.07) is 65.8. The second-order valence-electron chi connectivity index (χ2n) is 21.2. The molecule has 0 unspecified atom stereocenters. The fourth-order valence-electron chi connectivity index (χ4n) is 14.8. The molecule has 0 N–H and O–H groups in total. The van der Waals surface area contributed by atoms with Crippen LogP contribution in [0.4, 0.5) is 22.7 Å². The summed E-state index contributed by atoms with van der Waals surface area (Å²) in [4.78, 5) is 12.6. The maximum absolute atomic E-state index is 6.95. The number of rotatable bonds is 9. The highest BCUT2D eigenvalue weighted by molar-refractivity contribution is 6.70. The van der Waals surface area contributed by atoms with Crippen molar-refractivity contribution in [2.45, 2.75) is 37.5 Å². The predicted octanol–water partition coefficient (Wildman–Crippen LogP) is 16.2. The second-order valence-corrected chi connectivity index (χ2v) is 21.2. The normalized spacial score (nSPS) is 22.3. The first-order valence-electron chi connectivity index (χ1n) is 26.3. The number of fused-ring (bicyclic) bond motifs is 5. The molecular formula is C66H54BN5O. The highest BCUT2D eigenvalue weighted by Gasteiger charge is 2.61.